The van der Waals surface area contributed by atoms with Gasteiger partial charge in [-0.25, -0.2) is 0 Å². The van der Waals surface area contributed by atoms with Gasteiger partial charge in [0.25, 0.3) is 0 Å². The Bertz CT molecular complexity index is 1190. The van der Waals surface area contributed by atoms with E-state index in [2.05, 4.69) is 104 Å². The molecule has 0 radical (unpaired) electrons. The molecule has 4 heteroatoms. The first-order chi connectivity index (χ1) is 17.5. The molecule has 1 aromatic heterocycles. The third-order valence-electron chi connectivity index (χ3n) is 7.84. The van der Waals surface area contributed by atoms with E-state index in [1.165, 1.54) is 33.4 Å². The summed E-state index contributed by atoms with van der Waals surface area (Å²) in [6, 6.07) is 18.1. The zero-order valence-corrected chi connectivity index (χ0v) is 23.9. The Morgan fingerprint density at radius 2 is 1.43 bits per heavy atom. The summed E-state index contributed by atoms with van der Waals surface area (Å²) in [5, 5.41) is 10.5. The molecular formula is C33H44O4. The smallest absolute Gasteiger partial charge is 0.373 e. The van der Waals surface area contributed by atoms with Gasteiger partial charge >= 0.3 is 6.15 Å². The van der Waals surface area contributed by atoms with Gasteiger partial charge in [-0.15, -0.1) is 0 Å². The van der Waals surface area contributed by atoms with Crippen molar-refractivity contribution in [2.24, 2.45) is 5.41 Å². The minimum absolute atomic E-state index is 0.0186. The number of benzene rings is 2. The average molecular weight is 505 g/mol. The highest BCUT2D eigenvalue weighted by Gasteiger charge is 2.31. The number of aliphatic hydroxyl groups excluding tert-OH is 1. The van der Waals surface area contributed by atoms with Crippen LogP contribution in [0.15, 0.2) is 52.9 Å². The van der Waals surface area contributed by atoms with Gasteiger partial charge in [0.2, 0.25) is 0 Å². The molecule has 0 aliphatic carbocycles. The normalized spacial score (nSPS) is 12.5. The molecule has 200 valence electrons. The van der Waals surface area contributed by atoms with Crippen LogP contribution in [-0.4, -0.2) is 17.4 Å². The van der Waals surface area contributed by atoms with E-state index in [4.69, 9.17) is 14.0 Å². The summed E-state index contributed by atoms with van der Waals surface area (Å²) >= 11 is 0. The number of aliphatic hydroxyl groups is 1. The Balaban J connectivity index is 0.00000153. The second-order valence-electron chi connectivity index (χ2n) is 11.1. The van der Waals surface area contributed by atoms with Crippen molar-refractivity contribution in [1.82, 2.24) is 0 Å². The molecule has 1 unspecified atom stereocenters. The van der Waals surface area contributed by atoms with Gasteiger partial charge in [0, 0.05) is 17.4 Å². The maximum absolute atomic E-state index is 10.5. The Morgan fingerprint density at radius 1 is 0.865 bits per heavy atom. The van der Waals surface area contributed by atoms with Gasteiger partial charge < -0.3 is 9.52 Å². The second kappa shape index (κ2) is 13.0. The van der Waals surface area contributed by atoms with E-state index >= 15 is 0 Å². The summed E-state index contributed by atoms with van der Waals surface area (Å²) in [4.78, 5) is 16.2. The van der Waals surface area contributed by atoms with Crippen LogP contribution < -0.4 is 0 Å². The molecule has 0 saturated carbocycles. The fourth-order valence-electron chi connectivity index (χ4n) is 5.18. The Morgan fingerprint density at radius 3 is 1.89 bits per heavy atom. The summed E-state index contributed by atoms with van der Waals surface area (Å²) in [7, 11) is 0. The molecule has 3 rings (SSSR count). The van der Waals surface area contributed by atoms with Crippen LogP contribution in [0.1, 0.15) is 94.4 Å². The molecule has 4 nitrogen and oxygen atoms in total. The van der Waals surface area contributed by atoms with E-state index in [-0.39, 0.29) is 23.1 Å². The molecule has 1 heterocycles. The van der Waals surface area contributed by atoms with Crippen molar-refractivity contribution in [2.75, 3.05) is 0 Å². The van der Waals surface area contributed by atoms with Gasteiger partial charge in [0.05, 0.1) is 6.10 Å². The van der Waals surface area contributed by atoms with E-state index in [1.807, 2.05) is 0 Å². The molecule has 1 N–H and O–H groups in total. The molecule has 0 bridgehead atoms. The van der Waals surface area contributed by atoms with Crippen molar-refractivity contribution in [3.05, 3.63) is 82.1 Å². The lowest BCUT2D eigenvalue weighted by molar-refractivity contribution is -0.191. The fraction of sp³-hybridized carbons (Fsp3) is 0.485. The van der Waals surface area contributed by atoms with Gasteiger partial charge in [-0.2, -0.15) is 9.59 Å². The lowest BCUT2D eigenvalue weighted by Crippen LogP contribution is -2.27. The van der Waals surface area contributed by atoms with Crippen LogP contribution in [0.3, 0.4) is 0 Å². The van der Waals surface area contributed by atoms with Crippen LogP contribution in [0, 0.1) is 19.3 Å². The van der Waals surface area contributed by atoms with E-state index < -0.39 is 0 Å². The highest BCUT2D eigenvalue weighted by atomic mass is 16.3. The summed E-state index contributed by atoms with van der Waals surface area (Å²) in [5.74, 6) is 1.98. The maximum atomic E-state index is 10.5. The minimum Gasteiger partial charge on any atom is -0.461 e. The van der Waals surface area contributed by atoms with Crippen molar-refractivity contribution in [3.8, 4) is 11.3 Å². The van der Waals surface area contributed by atoms with Crippen LogP contribution in [0.2, 0.25) is 0 Å². The van der Waals surface area contributed by atoms with Gasteiger partial charge in [-0.3, -0.25) is 0 Å². The zero-order chi connectivity index (χ0) is 27.8. The van der Waals surface area contributed by atoms with Crippen LogP contribution in [-0.2, 0) is 27.8 Å². The third-order valence-corrected chi connectivity index (χ3v) is 7.84. The number of aryl methyl sites for hydroxylation is 4. The number of hydrogen-bond acceptors (Lipinski definition) is 4. The standard InChI is InChI=1S/C32H44O2.CO2/c1-9-27-16-18-29(34-27)28-17-15-26(21-23(28)5)32(10-2,11-3)25-14-12-24(22(4)20-25)13-19-30(33)31(6,7)8;2-1-3/h12,14-18,20-21,30,33H,9-11,13,19H2,1-8H3;. The number of carbonyl (C=O) groups excluding carboxylic acids is 2. The molecule has 0 spiro atoms. The molecule has 37 heavy (non-hydrogen) atoms. The topological polar surface area (TPSA) is 67.5 Å². The van der Waals surface area contributed by atoms with E-state index in [1.54, 1.807) is 0 Å². The second-order valence-corrected chi connectivity index (χ2v) is 11.1. The summed E-state index contributed by atoms with van der Waals surface area (Å²) in [5.41, 5.74) is 7.74. The van der Waals surface area contributed by atoms with Crippen LogP contribution in [0.5, 0.6) is 0 Å². The maximum Gasteiger partial charge on any atom is 0.373 e. The van der Waals surface area contributed by atoms with Crippen LogP contribution in [0.4, 0.5) is 0 Å². The molecule has 0 aliphatic heterocycles. The zero-order valence-electron chi connectivity index (χ0n) is 23.9. The molecule has 1 atom stereocenters. The molecule has 2 aromatic carbocycles. The predicted octanol–water partition coefficient (Wildman–Crippen LogP) is 7.99. The SMILES string of the molecule is CCc1ccc(-c2ccc(C(CC)(CC)c3ccc(CCC(O)C(C)(C)C)c(C)c3)cc2C)o1.O=C=O. The van der Waals surface area contributed by atoms with Crippen molar-refractivity contribution >= 4 is 6.15 Å². The Labute approximate surface area is 223 Å². The number of furan rings is 1. The highest BCUT2D eigenvalue weighted by Crippen LogP contribution is 2.41. The highest BCUT2D eigenvalue weighted by molar-refractivity contribution is 5.63. The summed E-state index contributed by atoms with van der Waals surface area (Å²) in [6.45, 7) is 17.4. The Kier molecular flexibility index (Phi) is 10.7. The first-order valence-electron chi connectivity index (χ1n) is 13.4. The van der Waals surface area contributed by atoms with Gasteiger partial charge in [-0.1, -0.05) is 77.9 Å². The molecule has 0 amide bonds. The molecule has 3 aromatic rings. The first-order valence-corrected chi connectivity index (χ1v) is 13.4. The summed E-state index contributed by atoms with van der Waals surface area (Å²) in [6.07, 6.45) is 4.67. The lowest BCUT2D eigenvalue weighted by atomic mass is 9.69. The van der Waals surface area contributed by atoms with Gasteiger partial charge in [-0.05, 0) is 84.9 Å². The molecular weight excluding hydrogens is 460 g/mol. The fourth-order valence-corrected chi connectivity index (χ4v) is 5.18. The molecule has 0 fully saturated rings. The third kappa shape index (κ3) is 7.09. The van der Waals surface area contributed by atoms with E-state index in [9.17, 15) is 5.11 Å². The van der Waals surface area contributed by atoms with E-state index in [0.717, 1.165) is 43.6 Å². The van der Waals surface area contributed by atoms with Gasteiger partial charge in [0.15, 0.2) is 0 Å². The van der Waals surface area contributed by atoms with Crippen molar-refractivity contribution in [3.63, 3.8) is 0 Å². The first kappa shape index (κ1) is 30.3. The van der Waals surface area contributed by atoms with Crippen molar-refractivity contribution in [2.45, 2.75) is 99.0 Å². The minimum atomic E-state index is -0.291. The number of hydrogen-bond donors (Lipinski definition) is 1. The lowest BCUT2D eigenvalue weighted by Gasteiger charge is -2.34. The Hall–Kier alpha value is -2.94. The molecule has 0 aliphatic rings. The van der Waals surface area contributed by atoms with Crippen molar-refractivity contribution < 1.29 is 19.1 Å². The monoisotopic (exact) mass is 504 g/mol. The average Bonchev–Trinajstić information content (AvgIpc) is 3.33. The largest absolute Gasteiger partial charge is 0.461 e. The predicted molar refractivity (Wildman–Crippen MR) is 150 cm³/mol. The van der Waals surface area contributed by atoms with E-state index in [0.29, 0.717) is 0 Å². The quantitative estimate of drug-likeness (QED) is 0.321. The van der Waals surface area contributed by atoms with Gasteiger partial charge in [0.1, 0.15) is 11.5 Å². The number of rotatable bonds is 9. The summed E-state index contributed by atoms with van der Waals surface area (Å²) < 4.78 is 6.03. The van der Waals surface area contributed by atoms with Crippen LogP contribution >= 0.6 is 0 Å². The van der Waals surface area contributed by atoms with Crippen molar-refractivity contribution in [1.29, 1.82) is 0 Å². The van der Waals surface area contributed by atoms with Crippen LogP contribution in [0.25, 0.3) is 11.3 Å². The molecule has 0 saturated heterocycles.